The van der Waals surface area contributed by atoms with Crippen molar-refractivity contribution < 1.29 is 14.9 Å². The van der Waals surface area contributed by atoms with Gasteiger partial charge in [-0.2, -0.15) is 0 Å². The van der Waals surface area contributed by atoms with Crippen LogP contribution in [0.4, 0.5) is 0 Å². The zero-order valence-electron chi connectivity index (χ0n) is 9.02. The normalized spacial score (nSPS) is 22.9. The Bertz CT molecular complexity index is 155. The van der Waals surface area contributed by atoms with E-state index in [4.69, 9.17) is 9.84 Å². The molecule has 2 N–H and O–H groups in total. The van der Waals surface area contributed by atoms with E-state index in [1.54, 1.807) is 0 Å². The molecule has 4 nitrogen and oxygen atoms in total. The van der Waals surface area contributed by atoms with Crippen LogP contribution in [0.25, 0.3) is 0 Å². The first-order chi connectivity index (χ1) is 6.63. The fourth-order valence-corrected chi connectivity index (χ4v) is 1.81. The number of hydrogen-bond donors (Lipinski definition) is 2. The molecule has 0 saturated carbocycles. The van der Waals surface area contributed by atoms with Crippen LogP contribution in [0.15, 0.2) is 0 Å². The highest BCUT2D eigenvalue weighted by molar-refractivity contribution is 4.74. The maximum atomic E-state index is 9.39. The second-order valence-electron chi connectivity index (χ2n) is 4.08. The van der Waals surface area contributed by atoms with Gasteiger partial charge in [-0.05, 0) is 26.7 Å². The minimum atomic E-state index is -0.699. The first kappa shape index (κ1) is 11.9. The number of aliphatic hydroxyl groups excluding tert-OH is 2. The Labute approximate surface area is 85.5 Å². The second-order valence-corrected chi connectivity index (χ2v) is 4.08. The van der Waals surface area contributed by atoms with Crippen LogP contribution < -0.4 is 0 Å². The standard InChI is InChI=1S/C10H21NO3/c1-8(2)14-9-3-5-11(6-4-9)10(13)7-12/h8-10,12-13H,3-7H2,1-2H3. The van der Waals surface area contributed by atoms with E-state index in [0.29, 0.717) is 6.10 Å². The van der Waals surface area contributed by atoms with Crippen LogP contribution in [0.2, 0.25) is 0 Å². The number of nitrogens with zero attached hydrogens (tertiary/aromatic N) is 1. The molecule has 1 fully saturated rings. The van der Waals surface area contributed by atoms with Crippen molar-refractivity contribution in [3.05, 3.63) is 0 Å². The van der Waals surface area contributed by atoms with Gasteiger partial charge in [0.15, 0.2) is 0 Å². The summed E-state index contributed by atoms with van der Waals surface area (Å²) < 4.78 is 5.68. The van der Waals surface area contributed by atoms with Gasteiger partial charge >= 0.3 is 0 Å². The first-order valence-electron chi connectivity index (χ1n) is 5.32. The third-order valence-electron chi connectivity index (χ3n) is 2.53. The summed E-state index contributed by atoms with van der Waals surface area (Å²) >= 11 is 0. The van der Waals surface area contributed by atoms with Crippen molar-refractivity contribution in [3.8, 4) is 0 Å². The van der Waals surface area contributed by atoms with Gasteiger partial charge in [0.1, 0.15) is 6.23 Å². The van der Waals surface area contributed by atoms with E-state index in [9.17, 15) is 5.11 Å². The molecule has 1 heterocycles. The summed E-state index contributed by atoms with van der Waals surface area (Å²) in [6, 6.07) is 0. The highest BCUT2D eigenvalue weighted by Crippen LogP contribution is 2.16. The van der Waals surface area contributed by atoms with E-state index in [1.807, 2.05) is 18.7 Å². The zero-order chi connectivity index (χ0) is 10.6. The fourth-order valence-electron chi connectivity index (χ4n) is 1.81. The molecule has 0 aromatic rings. The summed E-state index contributed by atoms with van der Waals surface area (Å²) in [7, 11) is 0. The van der Waals surface area contributed by atoms with Gasteiger partial charge in [0.25, 0.3) is 0 Å². The topological polar surface area (TPSA) is 52.9 Å². The minimum absolute atomic E-state index is 0.185. The van der Waals surface area contributed by atoms with Gasteiger partial charge < -0.3 is 14.9 Å². The van der Waals surface area contributed by atoms with Gasteiger partial charge in [-0.1, -0.05) is 0 Å². The minimum Gasteiger partial charge on any atom is -0.392 e. The summed E-state index contributed by atoms with van der Waals surface area (Å²) in [4.78, 5) is 1.89. The molecule has 1 aliphatic rings. The van der Waals surface area contributed by atoms with Crippen LogP contribution in [-0.2, 0) is 4.74 Å². The Morgan fingerprint density at radius 3 is 2.36 bits per heavy atom. The molecule has 14 heavy (non-hydrogen) atoms. The second kappa shape index (κ2) is 5.66. The van der Waals surface area contributed by atoms with E-state index in [0.717, 1.165) is 25.9 Å². The maximum Gasteiger partial charge on any atom is 0.130 e. The van der Waals surface area contributed by atoms with Crippen molar-refractivity contribution in [2.75, 3.05) is 19.7 Å². The molecule has 0 aromatic carbocycles. The van der Waals surface area contributed by atoms with Crippen LogP contribution in [0, 0.1) is 0 Å². The largest absolute Gasteiger partial charge is 0.392 e. The SMILES string of the molecule is CC(C)OC1CCN(C(O)CO)CC1. The number of likely N-dealkylation sites (tertiary alicyclic amines) is 1. The molecule has 1 rings (SSSR count). The van der Waals surface area contributed by atoms with Gasteiger partial charge in [-0.25, -0.2) is 0 Å². The molecule has 0 amide bonds. The first-order valence-corrected chi connectivity index (χ1v) is 5.32. The van der Waals surface area contributed by atoms with Crippen molar-refractivity contribution in [2.45, 2.75) is 45.1 Å². The average Bonchev–Trinajstić information content (AvgIpc) is 2.17. The lowest BCUT2D eigenvalue weighted by Crippen LogP contribution is -2.45. The Morgan fingerprint density at radius 1 is 1.36 bits per heavy atom. The molecule has 1 unspecified atom stereocenters. The van der Waals surface area contributed by atoms with Gasteiger partial charge in [0.2, 0.25) is 0 Å². The van der Waals surface area contributed by atoms with E-state index in [1.165, 1.54) is 0 Å². The molecule has 1 aliphatic heterocycles. The van der Waals surface area contributed by atoms with Crippen molar-refractivity contribution in [1.29, 1.82) is 0 Å². The smallest absolute Gasteiger partial charge is 0.130 e. The Hall–Kier alpha value is -0.160. The number of ether oxygens (including phenoxy) is 1. The predicted octanol–water partition coefficient (Wildman–Crippen LogP) is 0.186. The van der Waals surface area contributed by atoms with E-state index < -0.39 is 6.23 Å². The molecule has 0 spiro atoms. The van der Waals surface area contributed by atoms with E-state index in [-0.39, 0.29) is 12.7 Å². The zero-order valence-corrected chi connectivity index (χ0v) is 9.02. The van der Waals surface area contributed by atoms with Crippen LogP contribution in [0.5, 0.6) is 0 Å². The van der Waals surface area contributed by atoms with Crippen LogP contribution in [0.3, 0.4) is 0 Å². The number of piperidine rings is 1. The maximum absolute atomic E-state index is 9.39. The average molecular weight is 203 g/mol. The lowest BCUT2D eigenvalue weighted by atomic mass is 10.1. The van der Waals surface area contributed by atoms with Gasteiger partial charge in [-0.3, -0.25) is 4.90 Å². The summed E-state index contributed by atoms with van der Waals surface area (Å²) in [5, 5.41) is 18.2. The highest BCUT2D eigenvalue weighted by atomic mass is 16.5. The molecule has 0 aromatic heterocycles. The van der Waals surface area contributed by atoms with Crippen molar-refractivity contribution in [1.82, 2.24) is 4.90 Å². The predicted molar refractivity (Wildman–Crippen MR) is 53.9 cm³/mol. The molecular weight excluding hydrogens is 182 g/mol. The van der Waals surface area contributed by atoms with Crippen LogP contribution >= 0.6 is 0 Å². The summed E-state index contributed by atoms with van der Waals surface area (Å²) in [6.45, 7) is 5.50. The van der Waals surface area contributed by atoms with Crippen LogP contribution in [-0.4, -0.2) is 53.2 Å². The van der Waals surface area contributed by atoms with Crippen molar-refractivity contribution in [3.63, 3.8) is 0 Å². The lowest BCUT2D eigenvalue weighted by Gasteiger charge is -2.34. The Balaban J connectivity index is 2.24. The molecule has 0 bridgehead atoms. The van der Waals surface area contributed by atoms with Gasteiger partial charge in [-0.15, -0.1) is 0 Å². The Morgan fingerprint density at radius 2 is 1.93 bits per heavy atom. The third-order valence-corrected chi connectivity index (χ3v) is 2.53. The number of aliphatic hydroxyl groups is 2. The van der Waals surface area contributed by atoms with Crippen molar-refractivity contribution >= 4 is 0 Å². The summed E-state index contributed by atoms with van der Waals surface area (Å²) in [5.41, 5.74) is 0. The molecule has 4 heteroatoms. The van der Waals surface area contributed by atoms with Gasteiger partial charge in [0.05, 0.1) is 18.8 Å². The fraction of sp³-hybridized carbons (Fsp3) is 1.00. The summed E-state index contributed by atoms with van der Waals surface area (Å²) in [5.74, 6) is 0. The molecule has 1 atom stereocenters. The van der Waals surface area contributed by atoms with Gasteiger partial charge in [0, 0.05) is 13.1 Å². The number of hydrogen-bond acceptors (Lipinski definition) is 4. The quantitative estimate of drug-likeness (QED) is 0.684. The third kappa shape index (κ3) is 3.53. The molecule has 1 saturated heterocycles. The molecular formula is C10H21NO3. The van der Waals surface area contributed by atoms with E-state index in [2.05, 4.69) is 0 Å². The molecule has 0 radical (unpaired) electrons. The number of rotatable bonds is 4. The van der Waals surface area contributed by atoms with Crippen molar-refractivity contribution in [2.24, 2.45) is 0 Å². The Kier molecular flexibility index (Phi) is 4.81. The summed E-state index contributed by atoms with van der Waals surface area (Å²) in [6.07, 6.45) is 1.77. The molecule has 84 valence electrons. The highest BCUT2D eigenvalue weighted by Gasteiger charge is 2.23. The lowest BCUT2D eigenvalue weighted by molar-refractivity contribution is -0.0820. The molecule has 0 aliphatic carbocycles. The van der Waals surface area contributed by atoms with Crippen LogP contribution in [0.1, 0.15) is 26.7 Å². The van der Waals surface area contributed by atoms with E-state index >= 15 is 0 Å². The monoisotopic (exact) mass is 203 g/mol.